The van der Waals surface area contributed by atoms with Gasteiger partial charge in [0.25, 0.3) is 0 Å². The predicted octanol–water partition coefficient (Wildman–Crippen LogP) is 4.94. The second kappa shape index (κ2) is 13.2. The maximum Gasteiger partial charge on any atom is 0.248 e. The molecule has 1 atom stereocenters. The Labute approximate surface area is 231 Å². The highest BCUT2D eigenvalue weighted by molar-refractivity contribution is 6.31. The normalized spacial score (nSPS) is 18.7. The summed E-state index contributed by atoms with van der Waals surface area (Å²) in [7, 11) is 0. The zero-order valence-electron chi connectivity index (χ0n) is 21.5. The number of fused-ring (bicyclic) bond motifs is 1. The topological polar surface area (TPSA) is 97.8 Å². The smallest absolute Gasteiger partial charge is 0.248 e. The van der Waals surface area contributed by atoms with Crippen molar-refractivity contribution in [3.63, 3.8) is 0 Å². The lowest BCUT2D eigenvalue weighted by atomic mass is 10.1. The maximum atomic E-state index is 13.7. The molecule has 2 aliphatic rings. The van der Waals surface area contributed by atoms with Crippen molar-refractivity contribution >= 4 is 45.6 Å². The molecule has 5 rings (SSSR count). The quantitative estimate of drug-likeness (QED) is 0.377. The van der Waals surface area contributed by atoms with Crippen molar-refractivity contribution in [1.82, 2.24) is 14.9 Å². The molecule has 0 radical (unpaired) electrons. The summed E-state index contributed by atoms with van der Waals surface area (Å²) in [5.41, 5.74) is 1.67. The number of hydrogen-bond donors (Lipinski definition) is 2. The van der Waals surface area contributed by atoms with Gasteiger partial charge in [0.05, 0.1) is 29.4 Å². The van der Waals surface area contributed by atoms with Crippen LogP contribution in [0, 0.1) is 5.82 Å². The first-order valence-corrected chi connectivity index (χ1v) is 13.5. The van der Waals surface area contributed by atoms with Crippen molar-refractivity contribution in [3.8, 4) is 5.75 Å². The molecule has 206 valence electrons. The van der Waals surface area contributed by atoms with Crippen molar-refractivity contribution in [1.29, 1.82) is 0 Å². The summed E-state index contributed by atoms with van der Waals surface area (Å²) >= 11 is 5.96. The van der Waals surface area contributed by atoms with E-state index in [-0.39, 0.29) is 17.0 Å². The lowest BCUT2D eigenvalue weighted by Gasteiger charge is -2.25. The van der Waals surface area contributed by atoms with E-state index in [4.69, 9.17) is 25.8 Å². The number of halogens is 2. The summed E-state index contributed by atoms with van der Waals surface area (Å²) in [5, 5.41) is 6.77. The van der Waals surface area contributed by atoms with Gasteiger partial charge in [-0.15, -0.1) is 0 Å². The Morgan fingerprint density at radius 1 is 1.15 bits per heavy atom. The molecule has 0 spiro atoms. The minimum absolute atomic E-state index is 0.00353. The first-order valence-electron chi connectivity index (χ1n) is 13.1. The fourth-order valence-electron chi connectivity index (χ4n) is 4.54. The van der Waals surface area contributed by atoms with Gasteiger partial charge in [0.1, 0.15) is 29.8 Å². The summed E-state index contributed by atoms with van der Waals surface area (Å²) < 4.78 is 31.0. The molecule has 1 aromatic heterocycles. The Bertz CT molecular complexity index is 1330. The second-order valence-corrected chi connectivity index (χ2v) is 9.86. The third kappa shape index (κ3) is 7.42. The molecule has 2 saturated heterocycles. The molecule has 1 amide bonds. The highest BCUT2D eigenvalue weighted by atomic mass is 35.5. The number of anilines is 3. The van der Waals surface area contributed by atoms with Gasteiger partial charge in [-0.05, 0) is 43.5 Å². The zero-order chi connectivity index (χ0) is 27.0. The SMILES string of the molecule is O=C(/C=C/CN1CCCOCC1)Nc1cc2c(Nc3ccc(F)c(Cl)c3)ncnc2cc1OC1CCCOC1. The van der Waals surface area contributed by atoms with Crippen molar-refractivity contribution < 1.29 is 23.4 Å². The Kier molecular flexibility index (Phi) is 9.20. The molecule has 1 unspecified atom stereocenters. The highest BCUT2D eigenvalue weighted by Crippen LogP contribution is 2.35. The molecule has 2 aromatic carbocycles. The fourth-order valence-corrected chi connectivity index (χ4v) is 4.72. The van der Waals surface area contributed by atoms with Crippen LogP contribution in [0.1, 0.15) is 19.3 Å². The Morgan fingerprint density at radius 2 is 2.05 bits per heavy atom. The van der Waals surface area contributed by atoms with Crippen molar-refractivity contribution in [2.24, 2.45) is 0 Å². The van der Waals surface area contributed by atoms with E-state index in [1.54, 1.807) is 18.2 Å². The monoisotopic (exact) mass is 555 g/mol. The highest BCUT2D eigenvalue weighted by Gasteiger charge is 2.20. The van der Waals surface area contributed by atoms with Crippen molar-refractivity contribution in [2.45, 2.75) is 25.4 Å². The van der Waals surface area contributed by atoms with Crippen LogP contribution in [0.3, 0.4) is 0 Å². The first-order chi connectivity index (χ1) is 19.0. The number of amides is 1. The van der Waals surface area contributed by atoms with Crippen LogP contribution >= 0.6 is 11.6 Å². The number of nitrogens with zero attached hydrogens (tertiary/aromatic N) is 3. The van der Waals surface area contributed by atoms with Gasteiger partial charge in [-0.2, -0.15) is 0 Å². The van der Waals surface area contributed by atoms with Gasteiger partial charge in [-0.3, -0.25) is 9.69 Å². The summed E-state index contributed by atoms with van der Waals surface area (Å²) in [6, 6.07) is 7.89. The van der Waals surface area contributed by atoms with E-state index < -0.39 is 5.82 Å². The van der Waals surface area contributed by atoms with Crippen LogP contribution in [-0.2, 0) is 14.3 Å². The predicted molar refractivity (Wildman–Crippen MR) is 148 cm³/mol. The van der Waals surface area contributed by atoms with E-state index in [0.29, 0.717) is 60.2 Å². The minimum Gasteiger partial charge on any atom is -0.486 e. The van der Waals surface area contributed by atoms with Gasteiger partial charge >= 0.3 is 0 Å². The molecule has 2 aliphatic heterocycles. The molecule has 9 nitrogen and oxygen atoms in total. The van der Waals surface area contributed by atoms with Crippen LogP contribution in [-0.4, -0.2) is 72.9 Å². The first kappa shape index (κ1) is 27.3. The largest absolute Gasteiger partial charge is 0.486 e. The Balaban J connectivity index is 1.39. The molecule has 2 fully saturated rings. The molecule has 0 saturated carbocycles. The van der Waals surface area contributed by atoms with Gasteiger partial charge in [0.15, 0.2) is 0 Å². The molecule has 2 N–H and O–H groups in total. The second-order valence-electron chi connectivity index (χ2n) is 9.46. The van der Waals surface area contributed by atoms with E-state index in [2.05, 4.69) is 25.5 Å². The summed E-state index contributed by atoms with van der Waals surface area (Å²) in [6.45, 7) is 5.11. The van der Waals surface area contributed by atoms with Gasteiger partial charge in [0, 0.05) is 56.1 Å². The summed E-state index contributed by atoms with van der Waals surface area (Å²) in [4.78, 5) is 24.0. The Morgan fingerprint density at radius 3 is 2.90 bits per heavy atom. The van der Waals surface area contributed by atoms with E-state index in [9.17, 15) is 9.18 Å². The molecule has 11 heteroatoms. The number of benzene rings is 2. The number of carbonyl (C=O) groups excluding carboxylic acids is 1. The van der Waals surface area contributed by atoms with Crippen molar-refractivity contribution in [2.75, 3.05) is 56.7 Å². The summed E-state index contributed by atoms with van der Waals surface area (Å²) in [6.07, 6.45) is 7.42. The van der Waals surface area contributed by atoms with Crippen LogP contribution in [0.5, 0.6) is 5.75 Å². The van der Waals surface area contributed by atoms with Crippen LogP contribution < -0.4 is 15.4 Å². The maximum absolute atomic E-state index is 13.7. The number of carbonyl (C=O) groups is 1. The lowest BCUT2D eigenvalue weighted by molar-refractivity contribution is -0.111. The molecular formula is C28H31ClFN5O4. The molecule has 0 aliphatic carbocycles. The average Bonchev–Trinajstić information content (AvgIpc) is 3.21. The van der Waals surface area contributed by atoms with Crippen molar-refractivity contribution in [3.05, 3.63) is 59.7 Å². The number of nitrogens with one attached hydrogen (secondary N) is 2. The van der Waals surface area contributed by atoms with Gasteiger partial charge in [-0.1, -0.05) is 17.7 Å². The zero-order valence-corrected chi connectivity index (χ0v) is 22.3. The van der Waals surface area contributed by atoms with E-state index >= 15 is 0 Å². The number of hydrogen-bond acceptors (Lipinski definition) is 8. The average molecular weight is 556 g/mol. The number of rotatable bonds is 8. The van der Waals surface area contributed by atoms with Gasteiger partial charge in [-0.25, -0.2) is 14.4 Å². The minimum atomic E-state index is -0.509. The van der Waals surface area contributed by atoms with Crippen LogP contribution in [0.25, 0.3) is 10.9 Å². The fraction of sp³-hybridized carbons (Fsp3) is 0.393. The third-order valence-electron chi connectivity index (χ3n) is 6.54. The van der Waals surface area contributed by atoms with E-state index in [0.717, 1.165) is 39.0 Å². The van der Waals surface area contributed by atoms with E-state index in [1.807, 2.05) is 6.08 Å². The van der Waals surface area contributed by atoms with E-state index in [1.165, 1.54) is 24.5 Å². The van der Waals surface area contributed by atoms with Crippen LogP contribution in [0.2, 0.25) is 5.02 Å². The molecule has 39 heavy (non-hydrogen) atoms. The van der Waals surface area contributed by atoms with Gasteiger partial charge < -0.3 is 24.8 Å². The van der Waals surface area contributed by atoms with Crippen LogP contribution in [0.4, 0.5) is 21.6 Å². The number of aromatic nitrogens is 2. The molecular weight excluding hydrogens is 525 g/mol. The van der Waals surface area contributed by atoms with Crippen LogP contribution in [0.15, 0.2) is 48.8 Å². The molecule has 3 heterocycles. The molecule has 0 bridgehead atoms. The summed E-state index contributed by atoms with van der Waals surface area (Å²) in [5.74, 6) is 0.191. The van der Waals surface area contributed by atoms with Gasteiger partial charge in [0.2, 0.25) is 5.91 Å². The Hall–Kier alpha value is -3.31. The third-order valence-corrected chi connectivity index (χ3v) is 6.83. The number of ether oxygens (including phenoxy) is 3. The lowest BCUT2D eigenvalue weighted by Crippen LogP contribution is -2.28. The standard InChI is InChI=1S/C28H31ClFN5O4/c29-22-14-19(6-7-23(22)30)33-28-21-15-25(34-27(36)5-1-8-35-9-3-12-37-13-10-35)26(16-24(21)31-18-32-28)39-20-4-2-11-38-17-20/h1,5-7,14-16,18,20H,2-4,8-13,17H2,(H,34,36)(H,31,32,33)/b5-1+. The molecule has 3 aromatic rings.